The van der Waals surface area contributed by atoms with Crippen molar-refractivity contribution in [1.29, 1.82) is 0 Å². The fourth-order valence-corrected chi connectivity index (χ4v) is 2.56. The zero-order valence-electron chi connectivity index (χ0n) is 14.4. The minimum atomic E-state index is -4.38. The van der Waals surface area contributed by atoms with Crippen LogP contribution in [0, 0.1) is 0 Å². The summed E-state index contributed by atoms with van der Waals surface area (Å²) in [5.74, 6) is 0.430. The van der Waals surface area contributed by atoms with E-state index in [4.69, 9.17) is 0 Å². The van der Waals surface area contributed by atoms with Crippen LogP contribution < -0.4 is 5.32 Å². The molecular formula is C20H16F3N3O. The first kappa shape index (κ1) is 18.6. The number of nitrogens with one attached hydrogen (secondary N) is 1. The van der Waals surface area contributed by atoms with Gasteiger partial charge in [0.2, 0.25) is 0 Å². The number of anilines is 1. The Kier molecular flexibility index (Phi) is 5.21. The first-order valence-electron chi connectivity index (χ1n) is 8.16. The molecule has 1 aromatic heterocycles. The van der Waals surface area contributed by atoms with E-state index in [1.54, 1.807) is 30.3 Å². The molecule has 0 saturated carbocycles. The van der Waals surface area contributed by atoms with E-state index in [1.165, 1.54) is 19.3 Å². The molecule has 0 unspecified atom stereocenters. The Balaban J connectivity index is 1.77. The van der Waals surface area contributed by atoms with Gasteiger partial charge in [0, 0.05) is 23.7 Å². The number of carbonyl (C=O) groups excluding carboxylic acids is 1. The van der Waals surface area contributed by atoms with Crippen molar-refractivity contribution in [3.8, 4) is 11.3 Å². The quantitative estimate of drug-likeness (QED) is 0.643. The maximum absolute atomic E-state index is 12.8. The van der Waals surface area contributed by atoms with Gasteiger partial charge in [-0.15, -0.1) is 0 Å². The highest BCUT2D eigenvalue weighted by atomic mass is 19.4. The molecule has 0 amide bonds. The zero-order chi connectivity index (χ0) is 19.4. The van der Waals surface area contributed by atoms with Crippen molar-refractivity contribution < 1.29 is 18.0 Å². The van der Waals surface area contributed by atoms with Gasteiger partial charge < -0.3 is 5.32 Å². The molecule has 7 heteroatoms. The molecule has 0 aliphatic carbocycles. The molecule has 3 rings (SSSR count). The normalized spacial score (nSPS) is 11.3. The summed E-state index contributed by atoms with van der Waals surface area (Å²) in [4.78, 5) is 19.8. The van der Waals surface area contributed by atoms with Gasteiger partial charge in [-0.25, -0.2) is 9.97 Å². The van der Waals surface area contributed by atoms with Crippen LogP contribution in [0.15, 0.2) is 60.9 Å². The van der Waals surface area contributed by atoms with Crippen molar-refractivity contribution in [3.05, 3.63) is 77.6 Å². The number of Topliss-reactive ketones (excluding diaryl/α,β-unsaturated/α-hetero) is 1. The molecule has 4 nitrogen and oxygen atoms in total. The molecule has 0 saturated heterocycles. The Hall–Kier alpha value is -3.22. The summed E-state index contributed by atoms with van der Waals surface area (Å²) in [6, 6.07) is 13.9. The smallest absolute Gasteiger partial charge is 0.366 e. The zero-order valence-corrected chi connectivity index (χ0v) is 14.4. The minimum Gasteiger partial charge on any atom is -0.366 e. The molecule has 0 bridgehead atoms. The van der Waals surface area contributed by atoms with Gasteiger partial charge in [-0.1, -0.05) is 30.3 Å². The summed E-state index contributed by atoms with van der Waals surface area (Å²) in [5.41, 5.74) is 1.74. The van der Waals surface area contributed by atoms with E-state index in [0.717, 1.165) is 17.7 Å². The van der Waals surface area contributed by atoms with Crippen LogP contribution in [-0.2, 0) is 12.7 Å². The van der Waals surface area contributed by atoms with Crippen LogP contribution in [0.25, 0.3) is 11.3 Å². The Labute approximate surface area is 154 Å². The molecule has 0 radical (unpaired) electrons. The maximum atomic E-state index is 12.8. The van der Waals surface area contributed by atoms with Crippen LogP contribution in [0.1, 0.15) is 28.4 Å². The van der Waals surface area contributed by atoms with E-state index in [9.17, 15) is 18.0 Å². The largest absolute Gasteiger partial charge is 0.416 e. The SMILES string of the molecule is CC(=O)c1cccc(-c2cc(NCc3cccc(C(F)(F)F)c3)ncn2)c1. The van der Waals surface area contributed by atoms with Gasteiger partial charge in [0.1, 0.15) is 12.1 Å². The van der Waals surface area contributed by atoms with Gasteiger partial charge in [0.25, 0.3) is 0 Å². The summed E-state index contributed by atoms with van der Waals surface area (Å²) >= 11 is 0. The molecule has 1 heterocycles. The summed E-state index contributed by atoms with van der Waals surface area (Å²) < 4.78 is 38.4. The third kappa shape index (κ3) is 4.69. The number of ketones is 1. The molecular weight excluding hydrogens is 355 g/mol. The highest BCUT2D eigenvalue weighted by Crippen LogP contribution is 2.29. The van der Waals surface area contributed by atoms with E-state index in [2.05, 4.69) is 15.3 Å². The van der Waals surface area contributed by atoms with Gasteiger partial charge in [0.05, 0.1) is 11.3 Å². The molecule has 27 heavy (non-hydrogen) atoms. The second-order valence-corrected chi connectivity index (χ2v) is 5.98. The minimum absolute atomic E-state index is 0.0474. The van der Waals surface area contributed by atoms with E-state index >= 15 is 0 Å². The monoisotopic (exact) mass is 371 g/mol. The number of nitrogens with zero attached hydrogens (tertiary/aromatic N) is 2. The number of hydrogen-bond acceptors (Lipinski definition) is 4. The number of aromatic nitrogens is 2. The van der Waals surface area contributed by atoms with E-state index in [-0.39, 0.29) is 12.3 Å². The Bertz CT molecular complexity index is 970. The van der Waals surface area contributed by atoms with Gasteiger partial charge in [-0.2, -0.15) is 13.2 Å². The van der Waals surface area contributed by atoms with Gasteiger partial charge in [-0.3, -0.25) is 4.79 Å². The number of rotatable bonds is 5. The van der Waals surface area contributed by atoms with Crippen LogP contribution >= 0.6 is 0 Å². The summed E-state index contributed by atoms with van der Waals surface area (Å²) in [6.07, 6.45) is -3.01. The van der Waals surface area contributed by atoms with E-state index in [0.29, 0.717) is 22.6 Å². The number of halogens is 3. The predicted octanol–water partition coefficient (Wildman–Crippen LogP) is 4.98. The lowest BCUT2D eigenvalue weighted by molar-refractivity contribution is -0.137. The molecule has 0 aliphatic rings. The predicted molar refractivity (Wildman–Crippen MR) is 96.2 cm³/mol. The molecule has 138 valence electrons. The Morgan fingerprint density at radius 3 is 2.56 bits per heavy atom. The molecule has 0 atom stereocenters. The standard InChI is InChI=1S/C20H16F3N3O/c1-13(27)15-5-3-6-16(9-15)18-10-19(26-12-25-18)24-11-14-4-2-7-17(8-14)20(21,22)23/h2-10,12H,11H2,1H3,(H,24,25,26). The second-order valence-electron chi connectivity index (χ2n) is 5.98. The number of benzene rings is 2. The molecule has 2 aromatic carbocycles. The number of hydrogen-bond donors (Lipinski definition) is 1. The van der Waals surface area contributed by atoms with Crippen molar-refractivity contribution in [2.24, 2.45) is 0 Å². The highest BCUT2D eigenvalue weighted by molar-refractivity contribution is 5.95. The lowest BCUT2D eigenvalue weighted by atomic mass is 10.1. The molecule has 1 N–H and O–H groups in total. The topological polar surface area (TPSA) is 54.9 Å². The third-order valence-electron chi connectivity index (χ3n) is 3.96. The van der Waals surface area contributed by atoms with Crippen molar-refractivity contribution in [3.63, 3.8) is 0 Å². The van der Waals surface area contributed by atoms with E-state index in [1.807, 2.05) is 6.07 Å². The summed E-state index contributed by atoms with van der Waals surface area (Å²) in [6.45, 7) is 1.68. The lowest BCUT2D eigenvalue weighted by Crippen LogP contribution is -2.07. The van der Waals surface area contributed by atoms with Crippen LogP contribution in [0.3, 0.4) is 0 Å². The third-order valence-corrected chi connectivity index (χ3v) is 3.96. The first-order chi connectivity index (χ1) is 12.8. The van der Waals surface area contributed by atoms with Crippen molar-refractivity contribution in [2.45, 2.75) is 19.6 Å². The molecule has 3 aromatic rings. The maximum Gasteiger partial charge on any atom is 0.416 e. The Morgan fingerprint density at radius 1 is 1.04 bits per heavy atom. The number of alkyl halides is 3. The Morgan fingerprint density at radius 2 is 1.81 bits per heavy atom. The molecule has 0 aliphatic heterocycles. The van der Waals surface area contributed by atoms with Crippen molar-refractivity contribution in [2.75, 3.05) is 5.32 Å². The van der Waals surface area contributed by atoms with E-state index < -0.39 is 11.7 Å². The van der Waals surface area contributed by atoms with Crippen LogP contribution in [0.5, 0.6) is 0 Å². The average molecular weight is 371 g/mol. The lowest BCUT2D eigenvalue weighted by Gasteiger charge is -2.10. The van der Waals surface area contributed by atoms with Gasteiger partial charge in [-0.05, 0) is 30.7 Å². The summed E-state index contributed by atoms with van der Waals surface area (Å²) in [5, 5.41) is 3.00. The van der Waals surface area contributed by atoms with Crippen molar-refractivity contribution >= 4 is 11.6 Å². The van der Waals surface area contributed by atoms with Crippen LogP contribution in [0.4, 0.5) is 19.0 Å². The highest BCUT2D eigenvalue weighted by Gasteiger charge is 2.30. The summed E-state index contributed by atoms with van der Waals surface area (Å²) in [7, 11) is 0. The second kappa shape index (κ2) is 7.57. The van der Waals surface area contributed by atoms with Crippen LogP contribution in [0.2, 0.25) is 0 Å². The van der Waals surface area contributed by atoms with Gasteiger partial charge in [0.15, 0.2) is 5.78 Å². The average Bonchev–Trinajstić information content (AvgIpc) is 2.66. The first-order valence-corrected chi connectivity index (χ1v) is 8.16. The molecule has 0 spiro atoms. The fraction of sp³-hybridized carbons (Fsp3) is 0.150. The number of carbonyl (C=O) groups is 1. The van der Waals surface area contributed by atoms with Gasteiger partial charge >= 0.3 is 6.18 Å². The van der Waals surface area contributed by atoms with Crippen LogP contribution in [-0.4, -0.2) is 15.8 Å². The fourth-order valence-electron chi connectivity index (χ4n) is 2.56. The van der Waals surface area contributed by atoms with Crippen molar-refractivity contribution in [1.82, 2.24) is 9.97 Å². The molecule has 0 fully saturated rings.